The van der Waals surface area contributed by atoms with Crippen LogP contribution in [0.5, 0.6) is 5.75 Å². The molecule has 1 heterocycles. The minimum atomic E-state index is -3.80. The standard InChI is InChI=1S/C21H21N3O3S/c1-22-13-6-14-27-18-11-5-10-17-20(18)23-24-21(17)28(25,26)19-12-4-8-15-7-2-3-9-16(15)19/h2-5,7-12,22H,6,13-14H2,1H3,(H,23,24). The number of H-pyrrole nitrogens is 1. The summed E-state index contributed by atoms with van der Waals surface area (Å²) in [5.41, 5.74) is 0.589. The molecule has 0 bridgehead atoms. The molecule has 28 heavy (non-hydrogen) atoms. The highest BCUT2D eigenvalue weighted by molar-refractivity contribution is 7.91. The molecule has 144 valence electrons. The van der Waals surface area contributed by atoms with Crippen LogP contribution in [0.4, 0.5) is 0 Å². The molecule has 6 nitrogen and oxygen atoms in total. The van der Waals surface area contributed by atoms with Gasteiger partial charge in [-0.3, -0.25) is 5.10 Å². The number of benzene rings is 3. The maximum absolute atomic E-state index is 13.4. The number of aromatic nitrogens is 2. The van der Waals surface area contributed by atoms with Gasteiger partial charge in [-0.2, -0.15) is 5.10 Å². The number of sulfone groups is 1. The van der Waals surface area contributed by atoms with E-state index >= 15 is 0 Å². The fourth-order valence-corrected chi connectivity index (χ4v) is 4.85. The first kappa shape index (κ1) is 18.5. The first-order valence-corrected chi connectivity index (χ1v) is 10.6. The van der Waals surface area contributed by atoms with Crippen LogP contribution >= 0.6 is 0 Å². The average molecular weight is 395 g/mol. The molecule has 0 atom stereocenters. The summed E-state index contributed by atoms with van der Waals surface area (Å²) >= 11 is 0. The smallest absolute Gasteiger partial charge is 0.226 e. The van der Waals surface area contributed by atoms with E-state index in [9.17, 15) is 8.42 Å². The minimum Gasteiger partial charge on any atom is -0.491 e. The monoisotopic (exact) mass is 395 g/mol. The topological polar surface area (TPSA) is 84.1 Å². The second-order valence-electron chi connectivity index (χ2n) is 6.49. The second-order valence-corrected chi connectivity index (χ2v) is 8.33. The molecule has 0 saturated heterocycles. The largest absolute Gasteiger partial charge is 0.491 e. The van der Waals surface area contributed by atoms with E-state index < -0.39 is 9.84 Å². The first-order valence-electron chi connectivity index (χ1n) is 9.10. The summed E-state index contributed by atoms with van der Waals surface area (Å²) in [6.45, 7) is 1.38. The number of aromatic amines is 1. The van der Waals surface area contributed by atoms with Crippen LogP contribution in [-0.4, -0.2) is 38.8 Å². The Bertz CT molecular complexity index is 1230. The van der Waals surface area contributed by atoms with Crippen molar-refractivity contribution in [3.8, 4) is 5.75 Å². The lowest BCUT2D eigenvalue weighted by molar-refractivity contribution is 0.313. The molecular weight excluding hydrogens is 374 g/mol. The fraction of sp³-hybridized carbons (Fsp3) is 0.190. The van der Waals surface area contributed by atoms with Gasteiger partial charge >= 0.3 is 0 Å². The molecular formula is C21H21N3O3S. The molecule has 0 saturated carbocycles. The molecule has 7 heteroatoms. The first-order chi connectivity index (χ1) is 13.6. The molecule has 0 unspecified atom stereocenters. The summed E-state index contributed by atoms with van der Waals surface area (Å²) in [6.07, 6.45) is 0.849. The molecule has 4 aromatic rings. The number of hydrogen-bond donors (Lipinski definition) is 2. The van der Waals surface area contributed by atoms with E-state index in [1.807, 2.05) is 43.4 Å². The minimum absolute atomic E-state index is 0.0135. The van der Waals surface area contributed by atoms with E-state index in [0.29, 0.717) is 28.6 Å². The van der Waals surface area contributed by atoms with E-state index in [1.54, 1.807) is 24.3 Å². The molecule has 0 aliphatic heterocycles. The summed E-state index contributed by atoms with van der Waals surface area (Å²) in [5, 5.41) is 12.2. The molecule has 0 amide bonds. The quantitative estimate of drug-likeness (QED) is 0.468. The second kappa shape index (κ2) is 7.61. The lowest BCUT2D eigenvalue weighted by atomic mass is 10.1. The van der Waals surface area contributed by atoms with Gasteiger partial charge < -0.3 is 10.1 Å². The van der Waals surface area contributed by atoms with Gasteiger partial charge in [-0.15, -0.1) is 0 Å². The summed E-state index contributed by atoms with van der Waals surface area (Å²) in [5.74, 6) is 0.598. The number of nitrogens with zero attached hydrogens (tertiary/aromatic N) is 1. The lowest BCUT2D eigenvalue weighted by Gasteiger charge is -2.08. The molecule has 3 aromatic carbocycles. The molecule has 1 aromatic heterocycles. The Kier molecular flexibility index (Phi) is 5.02. The number of hydrogen-bond acceptors (Lipinski definition) is 5. The van der Waals surface area contributed by atoms with Gasteiger partial charge in [0.2, 0.25) is 9.84 Å². The predicted molar refractivity (Wildman–Crippen MR) is 110 cm³/mol. The van der Waals surface area contributed by atoms with Gasteiger partial charge in [-0.1, -0.05) is 42.5 Å². The third-order valence-electron chi connectivity index (χ3n) is 4.65. The van der Waals surface area contributed by atoms with Crippen LogP contribution < -0.4 is 10.1 Å². The van der Waals surface area contributed by atoms with Crippen LogP contribution in [0.25, 0.3) is 21.7 Å². The number of fused-ring (bicyclic) bond motifs is 2. The Morgan fingerprint density at radius 2 is 1.75 bits per heavy atom. The van der Waals surface area contributed by atoms with E-state index in [1.165, 1.54) is 0 Å². The van der Waals surface area contributed by atoms with Crippen molar-refractivity contribution in [1.82, 2.24) is 15.5 Å². The van der Waals surface area contributed by atoms with E-state index in [4.69, 9.17) is 4.74 Å². The van der Waals surface area contributed by atoms with Gasteiger partial charge in [0.05, 0.1) is 11.5 Å². The molecule has 0 radical (unpaired) electrons. The normalized spacial score (nSPS) is 11.9. The summed E-state index contributed by atoms with van der Waals surface area (Å²) in [4.78, 5) is 0.249. The average Bonchev–Trinajstić information content (AvgIpc) is 3.16. The van der Waals surface area contributed by atoms with Gasteiger partial charge in [-0.25, -0.2) is 8.42 Å². The number of ether oxygens (including phenoxy) is 1. The summed E-state index contributed by atoms with van der Waals surface area (Å²) in [7, 11) is -1.91. The van der Waals surface area contributed by atoms with Crippen LogP contribution in [-0.2, 0) is 9.84 Å². The number of nitrogens with one attached hydrogen (secondary N) is 2. The lowest BCUT2D eigenvalue weighted by Crippen LogP contribution is -2.11. The predicted octanol–water partition coefficient (Wildman–Crippen LogP) is 3.54. The third kappa shape index (κ3) is 3.23. The maximum atomic E-state index is 13.4. The van der Waals surface area contributed by atoms with Crippen LogP contribution in [0.15, 0.2) is 70.6 Å². The number of para-hydroxylation sites is 1. The molecule has 0 fully saturated rings. The highest BCUT2D eigenvalue weighted by Crippen LogP contribution is 2.33. The number of rotatable bonds is 7. The zero-order valence-corrected chi connectivity index (χ0v) is 16.3. The van der Waals surface area contributed by atoms with Crippen molar-refractivity contribution in [2.45, 2.75) is 16.3 Å². The van der Waals surface area contributed by atoms with Gasteiger partial charge in [0.15, 0.2) is 5.03 Å². The van der Waals surface area contributed by atoms with Crippen molar-refractivity contribution in [3.05, 3.63) is 60.7 Å². The molecule has 4 rings (SSSR count). The SMILES string of the molecule is CNCCCOc1cccc2c(S(=O)(=O)c3cccc4ccccc34)n[nH]c12. The molecule has 0 spiro atoms. The highest BCUT2D eigenvalue weighted by atomic mass is 32.2. The molecule has 2 N–H and O–H groups in total. The van der Waals surface area contributed by atoms with E-state index in [0.717, 1.165) is 18.4 Å². The fourth-order valence-electron chi connectivity index (χ4n) is 3.28. The van der Waals surface area contributed by atoms with Crippen LogP contribution in [0.2, 0.25) is 0 Å². The van der Waals surface area contributed by atoms with Crippen LogP contribution in [0.3, 0.4) is 0 Å². The van der Waals surface area contributed by atoms with Gasteiger partial charge in [-0.05, 0) is 43.6 Å². The van der Waals surface area contributed by atoms with Crippen molar-refractivity contribution >= 4 is 31.5 Å². The zero-order chi connectivity index (χ0) is 19.6. The Balaban J connectivity index is 1.78. The van der Waals surface area contributed by atoms with Crippen molar-refractivity contribution in [1.29, 1.82) is 0 Å². The Morgan fingerprint density at radius 3 is 2.61 bits per heavy atom. The van der Waals surface area contributed by atoms with Gasteiger partial charge in [0, 0.05) is 10.8 Å². The van der Waals surface area contributed by atoms with E-state index in [-0.39, 0.29) is 9.92 Å². The molecule has 0 aliphatic rings. The van der Waals surface area contributed by atoms with Gasteiger partial charge in [0.1, 0.15) is 11.3 Å². The van der Waals surface area contributed by atoms with Gasteiger partial charge in [0.25, 0.3) is 0 Å². The van der Waals surface area contributed by atoms with Crippen molar-refractivity contribution in [3.63, 3.8) is 0 Å². The zero-order valence-electron chi connectivity index (χ0n) is 15.5. The molecule has 0 aliphatic carbocycles. The third-order valence-corrected chi connectivity index (χ3v) is 6.40. The van der Waals surface area contributed by atoms with Crippen LogP contribution in [0.1, 0.15) is 6.42 Å². The Morgan fingerprint density at radius 1 is 1.00 bits per heavy atom. The van der Waals surface area contributed by atoms with Crippen molar-refractivity contribution in [2.24, 2.45) is 0 Å². The van der Waals surface area contributed by atoms with E-state index in [2.05, 4.69) is 15.5 Å². The van der Waals surface area contributed by atoms with Crippen LogP contribution in [0, 0.1) is 0 Å². The maximum Gasteiger partial charge on any atom is 0.226 e. The highest BCUT2D eigenvalue weighted by Gasteiger charge is 2.26. The van der Waals surface area contributed by atoms with Crippen molar-refractivity contribution in [2.75, 3.05) is 20.2 Å². The Hall–Kier alpha value is -2.90. The summed E-state index contributed by atoms with van der Waals surface area (Å²) in [6, 6.07) is 18.0. The Labute approximate surface area is 163 Å². The summed E-state index contributed by atoms with van der Waals surface area (Å²) < 4.78 is 32.6. The van der Waals surface area contributed by atoms with Crippen molar-refractivity contribution < 1.29 is 13.2 Å².